The summed E-state index contributed by atoms with van der Waals surface area (Å²) in [5, 5.41) is 0. The standard InChI is InChI=1S/C11H12N4O/c1-7-4-8(6-16-7)10-14-5-9-11(15-10)13-3-2-12-9/h2-3,5,7-8H,4,6H2,1H3. The van der Waals surface area contributed by atoms with Crippen molar-refractivity contribution >= 4 is 11.2 Å². The van der Waals surface area contributed by atoms with E-state index in [0.717, 1.165) is 17.8 Å². The van der Waals surface area contributed by atoms with Crippen LogP contribution in [0.25, 0.3) is 11.2 Å². The SMILES string of the molecule is CC1CC(c2ncc3nccnc3n2)CO1. The molecule has 0 spiro atoms. The number of hydrogen-bond acceptors (Lipinski definition) is 5. The summed E-state index contributed by atoms with van der Waals surface area (Å²) in [6.45, 7) is 2.77. The maximum absolute atomic E-state index is 5.52. The molecule has 1 saturated heterocycles. The van der Waals surface area contributed by atoms with Crippen LogP contribution in [-0.4, -0.2) is 32.6 Å². The molecule has 0 saturated carbocycles. The van der Waals surface area contributed by atoms with Gasteiger partial charge in [-0.15, -0.1) is 0 Å². The molecule has 2 aromatic rings. The van der Waals surface area contributed by atoms with Gasteiger partial charge in [0.05, 0.1) is 18.9 Å². The second kappa shape index (κ2) is 3.75. The highest BCUT2D eigenvalue weighted by molar-refractivity contribution is 5.67. The highest BCUT2D eigenvalue weighted by Gasteiger charge is 2.25. The molecule has 3 heterocycles. The molecular weight excluding hydrogens is 204 g/mol. The largest absolute Gasteiger partial charge is 0.378 e. The van der Waals surface area contributed by atoms with Gasteiger partial charge in [0.1, 0.15) is 11.3 Å². The molecule has 3 rings (SSSR count). The number of fused-ring (bicyclic) bond motifs is 1. The lowest BCUT2D eigenvalue weighted by Gasteiger charge is -2.05. The molecule has 0 N–H and O–H groups in total. The molecule has 16 heavy (non-hydrogen) atoms. The normalized spacial score (nSPS) is 25.1. The van der Waals surface area contributed by atoms with E-state index in [9.17, 15) is 0 Å². The predicted molar refractivity (Wildman–Crippen MR) is 57.9 cm³/mol. The van der Waals surface area contributed by atoms with Crippen molar-refractivity contribution in [3.05, 3.63) is 24.4 Å². The Morgan fingerprint density at radius 2 is 2.12 bits per heavy atom. The van der Waals surface area contributed by atoms with Crippen molar-refractivity contribution in [1.29, 1.82) is 0 Å². The summed E-state index contributed by atoms with van der Waals surface area (Å²) in [7, 11) is 0. The van der Waals surface area contributed by atoms with E-state index >= 15 is 0 Å². The zero-order valence-electron chi connectivity index (χ0n) is 9.00. The lowest BCUT2D eigenvalue weighted by atomic mass is 10.1. The molecule has 2 unspecified atom stereocenters. The van der Waals surface area contributed by atoms with E-state index in [4.69, 9.17) is 4.74 Å². The van der Waals surface area contributed by atoms with Gasteiger partial charge in [-0.2, -0.15) is 0 Å². The minimum Gasteiger partial charge on any atom is -0.378 e. The van der Waals surface area contributed by atoms with Gasteiger partial charge in [0.2, 0.25) is 0 Å². The number of hydrogen-bond donors (Lipinski definition) is 0. The highest BCUT2D eigenvalue weighted by Crippen LogP contribution is 2.26. The van der Waals surface area contributed by atoms with E-state index in [-0.39, 0.29) is 0 Å². The number of nitrogens with zero attached hydrogens (tertiary/aromatic N) is 4. The van der Waals surface area contributed by atoms with Gasteiger partial charge in [-0.1, -0.05) is 0 Å². The summed E-state index contributed by atoms with van der Waals surface area (Å²) >= 11 is 0. The Labute approximate surface area is 92.9 Å². The van der Waals surface area contributed by atoms with Crippen molar-refractivity contribution < 1.29 is 4.74 Å². The topological polar surface area (TPSA) is 60.8 Å². The van der Waals surface area contributed by atoms with Crippen molar-refractivity contribution in [2.24, 2.45) is 0 Å². The monoisotopic (exact) mass is 216 g/mol. The zero-order valence-corrected chi connectivity index (χ0v) is 9.00. The molecule has 0 amide bonds. The first-order valence-electron chi connectivity index (χ1n) is 5.38. The Kier molecular flexibility index (Phi) is 2.25. The minimum absolute atomic E-state index is 0.293. The number of aromatic nitrogens is 4. The smallest absolute Gasteiger partial charge is 0.181 e. The second-order valence-electron chi connectivity index (χ2n) is 4.07. The van der Waals surface area contributed by atoms with Crippen LogP contribution in [-0.2, 0) is 4.74 Å². The molecule has 0 radical (unpaired) electrons. The summed E-state index contributed by atoms with van der Waals surface area (Å²) < 4.78 is 5.52. The summed E-state index contributed by atoms with van der Waals surface area (Å²) in [4.78, 5) is 17.1. The summed E-state index contributed by atoms with van der Waals surface area (Å²) in [5.74, 6) is 1.11. The van der Waals surface area contributed by atoms with Gasteiger partial charge in [0.25, 0.3) is 0 Å². The van der Waals surface area contributed by atoms with Crippen LogP contribution in [0.15, 0.2) is 18.6 Å². The van der Waals surface area contributed by atoms with Gasteiger partial charge >= 0.3 is 0 Å². The van der Waals surface area contributed by atoms with E-state index in [1.807, 2.05) is 0 Å². The van der Waals surface area contributed by atoms with Gasteiger partial charge in [0, 0.05) is 18.3 Å². The van der Waals surface area contributed by atoms with Crippen LogP contribution in [0, 0.1) is 0 Å². The van der Waals surface area contributed by atoms with E-state index in [0.29, 0.717) is 24.3 Å². The predicted octanol–water partition coefficient (Wildman–Crippen LogP) is 1.31. The van der Waals surface area contributed by atoms with Crippen molar-refractivity contribution in [3.63, 3.8) is 0 Å². The van der Waals surface area contributed by atoms with Crippen LogP contribution in [0.5, 0.6) is 0 Å². The minimum atomic E-state index is 0.293. The molecule has 0 aliphatic carbocycles. The van der Waals surface area contributed by atoms with Crippen LogP contribution in [0.2, 0.25) is 0 Å². The van der Waals surface area contributed by atoms with Crippen molar-refractivity contribution in [1.82, 2.24) is 19.9 Å². The molecule has 1 fully saturated rings. The lowest BCUT2D eigenvalue weighted by molar-refractivity contribution is 0.123. The maximum atomic E-state index is 5.52. The van der Waals surface area contributed by atoms with E-state index in [1.54, 1.807) is 18.6 Å². The molecule has 1 aliphatic heterocycles. The average Bonchev–Trinajstić information content (AvgIpc) is 2.75. The van der Waals surface area contributed by atoms with Crippen LogP contribution in [0.4, 0.5) is 0 Å². The van der Waals surface area contributed by atoms with E-state index in [1.165, 1.54) is 0 Å². The third-order valence-corrected chi connectivity index (χ3v) is 2.81. The lowest BCUT2D eigenvalue weighted by Crippen LogP contribution is -2.05. The second-order valence-corrected chi connectivity index (χ2v) is 4.07. The molecule has 2 atom stereocenters. The first-order chi connectivity index (χ1) is 7.83. The molecule has 82 valence electrons. The van der Waals surface area contributed by atoms with E-state index in [2.05, 4.69) is 26.9 Å². The van der Waals surface area contributed by atoms with Crippen molar-refractivity contribution in [3.8, 4) is 0 Å². The van der Waals surface area contributed by atoms with Crippen LogP contribution < -0.4 is 0 Å². The Morgan fingerprint density at radius 3 is 2.94 bits per heavy atom. The number of ether oxygens (including phenoxy) is 1. The molecule has 1 aliphatic rings. The molecular formula is C11H12N4O. The van der Waals surface area contributed by atoms with Gasteiger partial charge in [0.15, 0.2) is 5.65 Å². The Hall–Kier alpha value is -1.62. The fourth-order valence-corrected chi connectivity index (χ4v) is 1.98. The van der Waals surface area contributed by atoms with Gasteiger partial charge < -0.3 is 4.74 Å². The fraction of sp³-hybridized carbons (Fsp3) is 0.455. The molecule has 5 nitrogen and oxygen atoms in total. The quantitative estimate of drug-likeness (QED) is 0.719. The zero-order chi connectivity index (χ0) is 11.0. The van der Waals surface area contributed by atoms with Crippen LogP contribution in [0.1, 0.15) is 25.1 Å². The third-order valence-electron chi connectivity index (χ3n) is 2.81. The Balaban J connectivity index is 1.99. The van der Waals surface area contributed by atoms with Gasteiger partial charge in [-0.05, 0) is 13.3 Å². The first kappa shape index (κ1) is 9.59. The molecule has 5 heteroatoms. The summed E-state index contributed by atoms with van der Waals surface area (Å²) in [6, 6.07) is 0. The average molecular weight is 216 g/mol. The van der Waals surface area contributed by atoms with Crippen molar-refractivity contribution in [2.45, 2.75) is 25.4 Å². The van der Waals surface area contributed by atoms with Crippen LogP contribution in [0.3, 0.4) is 0 Å². The summed E-state index contributed by atoms with van der Waals surface area (Å²) in [5.41, 5.74) is 1.39. The third kappa shape index (κ3) is 1.63. The Bertz CT molecular complexity index is 516. The highest BCUT2D eigenvalue weighted by atomic mass is 16.5. The van der Waals surface area contributed by atoms with Gasteiger partial charge in [-0.25, -0.2) is 19.9 Å². The maximum Gasteiger partial charge on any atom is 0.181 e. The molecule has 2 aromatic heterocycles. The first-order valence-corrected chi connectivity index (χ1v) is 5.38. The van der Waals surface area contributed by atoms with Crippen molar-refractivity contribution in [2.75, 3.05) is 6.61 Å². The van der Waals surface area contributed by atoms with Crippen LogP contribution >= 0.6 is 0 Å². The number of rotatable bonds is 1. The summed E-state index contributed by atoms with van der Waals surface area (Å²) in [6.07, 6.45) is 6.30. The molecule has 0 aromatic carbocycles. The van der Waals surface area contributed by atoms with Gasteiger partial charge in [-0.3, -0.25) is 0 Å². The Morgan fingerprint density at radius 1 is 1.25 bits per heavy atom. The fourth-order valence-electron chi connectivity index (χ4n) is 1.98. The van der Waals surface area contributed by atoms with E-state index < -0.39 is 0 Å². The molecule has 0 bridgehead atoms.